The van der Waals surface area contributed by atoms with Gasteiger partial charge in [0.05, 0.1) is 10.2 Å². The largest absolute Gasteiger partial charge is 0.308 e. The fourth-order valence-electron chi connectivity index (χ4n) is 3.01. The maximum atomic E-state index is 13.0. The molecule has 0 aliphatic rings. The number of aromatic nitrogens is 1. The van der Waals surface area contributed by atoms with Gasteiger partial charge in [0, 0.05) is 30.2 Å². The molecule has 1 amide bonds. The number of thiazole rings is 1. The van der Waals surface area contributed by atoms with Crippen molar-refractivity contribution < 1.29 is 4.79 Å². The van der Waals surface area contributed by atoms with E-state index in [1.165, 1.54) is 10.5 Å². The Kier molecular flexibility index (Phi) is 7.10. The van der Waals surface area contributed by atoms with Crippen molar-refractivity contribution in [3.05, 3.63) is 53.6 Å². The molecule has 0 saturated carbocycles. The predicted octanol–water partition coefficient (Wildman–Crippen LogP) is 4.99. The summed E-state index contributed by atoms with van der Waals surface area (Å²) in [6, 6.07) is 14.5. The number of fused-ring (bicyclic) bond motifs is 1. The number of hydrogen-bond acceptors (Lipinski definition) is 5. The topological polar surface area (TPSA) is 36.4 Å². The molecule has 0 fully saturated rings. The first kappa shape index (κ1) is 20.8. The number of nitrogens with zero attached hydrogens (tertiary/aromatic N) is 3. The average molecular weight is 414 g/mol. The summed E-state index contributed by atoms with van der Waals surface area (Å²) in [7, 11) is 4.06. The van der Waals surface area contributed by atoms with Gasteiger partial charge in [0.15, 0.2) is 5.13 Å². The van der Waals surface area contributed by atoms with Crippen molar-refractivity contribution in [3.63, 3.8) is 0 Å². The third-order valence-corrected chi connectivity index (χ3v) is 6.49. The van der Waals surface area contributed by atoms with E-state index in [4.69, 9.17) is 4.98 Å². The number of aryl methyl sites for hydroxylation is 2. The molecule has 1 aromatic heterocycles. The van der Waals surface area contributed by atoms with Crippen LogP contribution in [0.2, 0.25) is 0 Å². The number of benzene rings is 2. The average Bonchev–Trinajstić information content (AvgIpc) is 3.06. The van der Waals surface area contributed by atoms with Gasteiger partial charge in [0.2, 0.25) is 5.91 Å². The summed E-state index contributed by atoms with van der Waals surface area (Å²) < 4.78 is 1.15. The quantitative estimate of drug-likeness (QED) is 0.488. The van der Waals surface area contributed by atoms with E-state index in [1.54, 1.807) is 23.1 Å². The SMILES string of the molecule is Cc1cc(C)c2nc(N(CCN(C)C)C(=O)CCSc3ccccc3)sc2c1. The highest BCUT2D eigenvalue weighted by Crippen LogP contribution is 2.32. The van der Waals surface area contributed by atoms with Crippen LogP contribution >= 0.6 is 23.1 Å². The van der Waals surface area contributed by atoms with Crippen LogP contribution in [0.4, 0.5) is 5.13 Å². The Labute approximate surface area is 175 Å². The van der Waals surface area contributed by atoms with E-state index in [-0.39, 0.29) is 5.91 Å². The second-order valence-electron chi connectivity index (χ2n) is 7.19. The zero-order valence-corrected chi connectivity index (χ0v) is 18.6. The van der Waals surface area contributed by atoms with Crippen LogP contribution in [0.25, 0.3) is 10.2 Å². The van der Waals surface area contributed by atoms with Gasteiger partial charge in [-0.15, -0.1) is 11.8 Å². The number of likely N-dealkylation sites (N-methyl/N-ethyl adjacent to an activating group) is 1. The molecule has 148 valence electrons. The van der Waals surface area contributed by atoms with E-state index < -0.39 is 0 Å². The summed E-state index contributed by atoms with van der Waals surface area (Å²) >= 11 is 3.33. The van der Waals surface area contributed by atoms with Crippen LogP contribution in [-0.2, 0) is 4.79 Å². The molecule has 0 unspecified atom stereocenters. The summed E-state index contributed by atoms with van der Waals surface area (Å²) in [4.78, 5) is 23.0. The van der Waals surface area contributed by atoms with E-state index in [2.05, 4.69) is 43.0 Å². The van der Waals surface area contributed by atoms with Crippen LogP contribution in [0.5, 0.6) is 0 Å². The first-order valence-electron chi connectivity index (χ1n) is 9.45. The lowest BCUT2D eigenvalue weighted by molar-refractivity contribution is -0.118. The number of carbonyl (C=O) groups excluding carboxylic acids is 1. The highest BCUT2D eigenvalue weighted by molar-refractivity contribution is 7.99. The van der Waals surface area contributed by atoms with Gasteiger partial charge in [-0.25, -0.2) is 4.98 Å². The van der Waals surface area contributed by atoms with Crippen molar-refractivity contribution in [1.82, 2.24) is 9.88 Å². The second-order valence-corrected chi connectivity index (χ2v) is 9.36. The first-order valence-corrected chi connectivity index (χ1v) is 11.2. The predicted molar refractivity (Wildman–Crippen MR) is 122 cm³/mol. The van der Waals surface area contributed by atoms with Crippen molar-refractivity contribution in [3.8, 4) is 0 Å². The lowest BCUT2D eigenvalue weighted by Crippen LogP contribution is -2.36. The lowest BCUT2D eigenvalue weighted by atomic mass is 10.1. The van der Waals surface area contributed by atoms with Crippen LogP contribution in [0.15, 0.2) is 47.4 Å². The maximum Gasteiger partial charge on any atom is 0.229 e. The molecule has 0 saturated heterocycles. The molecule has 0 atom stereocenters. The summed E-state index contributed by atoms with van der Waals surface area (Å²) in [5, 5.41) is 0.806. The normalized spacial score (nSPS) is 11.3. The van der Waals surface area contributed by atoms with Gasteiger partial charge in [0.1, 0.15) is 0 Å². The molecule has 3 aromatic rings. The zero-order chi connectivity index (χ0) is 20.1. The Morgan fingerprint density at radius 1 is 1.11 bits per heavy atom. The van der Waals surface area contributed by atoms with Crippen LogP contribution in [-0.4, -0.2) is 48.7 Å². The van der Waals surface area contributed by atoms with Crippen molar-refractivity contribution in [1.29, 1.82) is 0 Å². The van der Waals surface area contributed by atoms with Crippen LogP contribution in [0, 0.1) is 13.8 Å². The number of carbonyl (C=O) groups is 1. The van der Waals surface area contributed by atoms with Gasteiger partial charge in [-0.1, -0.05) is 35.6 Å². The molecule has 3 rings (SSSR count). The molecule has 0 N–H and O–H groups in total. The Morgan fingerprint density at radius 3 is 2.57 bits per heavy atom. The highest BCUT2D eigenvalue weighted by atomic mass is 32.2. The molecular weight excluding hydrogens is 386 g/mol. The van der Waals surface area contributed by atoms with Gasteiger partial charge in [-0.05, 0) is 57.3 Å². The molecule has 2 aromatic carbocycles. The Bertz CT molecular complexity index is 938. The van der Waals surface area contributed by atoms with E-state index in [0.717, 1.165) is 33.2 Å². The van der Waals surface area contributed by atoms with Gasteiger partial charge < -0.3 is 4.90 Å². The minimum Gasteiger partial charge on any atom is -0.308 e. The number of thioether (sulfide) groups is 1. The van der Waals surface area contributed by atoms with Crippen molar-refractivity contribution in [2.45, 2.75) is 25.2 Å². The van der Waals surface area contributed by atoms with Crippen molar-refractivity contribution in [2.24, 2.45) is 0 Å². The fraction of sp³-hybridized carbons (Fsp3) is 0.364. The zero-order valence-electron chi connectivity index (χ0n) is 16.9. The van der Waals surface area contributed by atoms with Gasteiger partial charge >= 0.3 is 0 Å². The van der Waals surface area contributed by atoms with Crippen LogP contribution in [0.3, 0.4) is 0 Å². The van der Waals surface area contributed by atoms with E-state index in [9.17, 15) is 4.79 Å². The molecule has 0 radical (unpaired) electrons. The number of rotatable bonds is 8. The van der Waals surface area contributed by atoms with E-state index in [1.807, 2.05) is 37.2 Å². The number of amides is 1. The molecule has 4 nitrogen and oxygen atoms in total. The molecule has 0 spiro atoms. The Hall–Kier alpha value is -1.89. The molecule has 28 heavy (non-hydrogen) atoms. The molecule has 6 heteroatoms. The lowest BCUT2D eigenvalue weighted by Gasteiger charge is -2.22. The number of hydrogen-bond donors (Lipinski definition) is 0. The molecule has 0 aliphatic heterocycles. The molecule has 0 bridgehead atoms. The highest BCUT2D eigenvalue weighted by Gasteiger charge is 2.20. The maximum absolute atomic E-state index is 13.0. The van der Waals surface area contributed by atoms with Crippen molar-refractivity contribution >= 4 is 44.4 Å². The van der Waals surface area contributed by atoms with E-state index >= 15 is 0 Å². The molecule has 1 heterocycles. The van der Waals surface area contributed by atoms with Crippen LogP contribution < -0.4 is 4.90 Å². The summed E-state index contributed by atoms with van der Waals surface area (Å²) in [6.45, 7) is 5.65. The Balaban J connectivity index is 1.76. The molecule has 0 aliphatic carbocycles. The third-order valence-electron chi connectivity index (χ3n) is 4.45. The smallest absolute Gasteiger partial charge is 0.229 e. The summed E-state index contributed by atoms with van der Waals surface area (Å²) in [5.74, 6) is 0.906. The summed E-state index contributed by atoms with van der Waals surface area (Å²) in [6.07, 6.45) is 0.501. The Morgan fingerprint density at radius 2 is 1.86 bits per heavy atom. The van der Waals surface area contributed by atoms with Gasteiger partial charge in [-0.2, -0.15) is 0 Å². The monoisotopic (exact) mass is 413 g/mol. The minimum absolute atomic E-state index is 0.138. The minimum atomic E-state index is 0.138. The standard InChI is InChI=1S/C22H27N3OS2/c1-16-14-17(2)21-19(15-16)28-22(23-21)25(12-11-24(3)4)20(26)10-13-27-18-8-6-5-7-9-18/h5-9,14-15H,10-13H2,1-4H3. The van der Waals surface area contributed by atoms with Crippen LogP contribution in [0.1, 0.15) is 17.5 Å². The van der Waals surface area contributed by atoms with E-state index in [0.29, 0.717) is 13.0 Å². The fourth-order valence-corrected chi connectivity index (χ4v) is 5.06. The van der Waals surface area contributed by atoms with Gasteiger partial charge in [-0.3, -0.25) is 9.69 Å². The van der Waals surface area contributed by atoms with Crippen molar-refractivity contribution in [2.75, 3.05) is 37.8 Å². The second kappa shape index (κ2) is 9.54. The third kappa shape index (κ3) is 5.34. The molecular formula is C22H27N3OS2. The summed E-state index contributed by atoms with van der Waals surface area (Å²) in [5.41, 5.74) is 3.40. The first-order chi connectivity index (χ1) is 13.4. The van der Waals surface area contributed by atoms with Gasteiger partial charge in [0.25, 0.3) is 0 Å². The number of anilines is 1.